The Morgan fingerprint density at radius 3 is 2.50 bits per heavy atom. The minimum Gasteiger partial charge on any atom is -0.393 e. The predicted molar refractivity (Wildman–Crippen MR) is 144 cm³/mol. The van der Waals surface area contributed by atoms with Gasteiger partial charge >= 0.3 is 0 Å². The van der Waals surface area contributed by atoms with Crippen LogP contribution in [-0.4, -0.2) is 45.4 Å². The molecule has 2 atom stereocenters. The second-order valence-electron chi connectivity index (χ2n) is 10.5. The number of hydrogen-bond acceptors (Lipinski definition) is 5. The molecule has 1 aromatic carbocycles. The maximum Gasteiger partial charge on any atom is 0.224 e. The van der Waals surface area contributed by atoms with Crippen LogP contribution in [0.1, 0.15) is 70.0 Å². The molecule has 1 amide bonds. The number of aliphatic hydroxyl groups excluding tert-OH is 1. The molecular weight excluding hydrogens is 516 g/mol. The van der Waals surface area contributed by atoms with E-state index < -0.39 is 17.0 Å². The first-order valence-corrected chi connectivity index (χ1v) is 13.2. The van der Waals surface area contributed by atoms with E-state index in [0.29, 0.717) is 43.6 Å². The Labute approximate surface area is 225 Å². The number of aliphatic hydroxyl groups is 1. The predicted octanol–water partition coefficient (Wildman–Crippen LogP) is 5.05. The van der Waals surface area contributed by atoms with Crippen molar-refractivity contribution in [2.75, 3.05) is 5.32 Å². The molecule has 0 unspecified atom stereocenters. The Morgan fingerprint density at radius 2 is 1.92 bits per heavy atom. The molecule has 0 saturated heterocycles. The Hall–Kier alpha value is -3.05. The molecular formula is C26H34ClF2N7O2. The summed E-state index contributed by atoms with van der Waals surface area (Å²) in [5.74, 6) is -1.16. The molecule has 2 saturated carbocycles. The molecule has 38 heavy (non-hydrogen) atoms. The number of nitrogens with zero attached hydrogens (tertiary/aromatic N) is 4. The van der Waals surface area contributed by atoms with Crippen molar-refractivity contribution >= 4 is 47.6 Å². The zero-order valence-corrected chi connectivity index (χ0v) is 22.4. The molecule has 0 radical (unpaired) electrons. The molecule has 2 fully saturated rings. The number of benzene rings is 1. The van der Waals surface area contributed by atoms with Crippen LogP contribution in [0.2, 0.25) is 5.02 Å². The van der Waals surface area contributed by atoms with Crippen LogP contribution in [0.25, 0.3) is 0 Å². The molecule has 0 bridgehead atoms. The molecule has 0 spiro atoms. The Balaban J connectivity index is 1.73. The van der Waals surface area contributed by atoms with Crippen LogP contribution in [0.4, 0.5) is 26.2 Å². The van der Waals surface area contributed by atoms with Crippen molar-refractivity contribution in [2.24, 2.45) is 21.1 Å². The fraction of sp³-hybridized carbons (Fsp3) is 0.538. The third-order valence-electron chi connectivity index (χ3n) is 7.66. The highest BCUT2D eigenvalue weighted by Crippen LogP contribution is 2.44. The van der Waals surface area contributed by atoms with Crippen molar-refractivity contribution < 1.29 is 18.7 Å². The molecule has 12 heteroatoms. The normalized spacial score (nSPS) is 26.2. The van der Waals surface area contributed by atoms with Gasteiger partial charge in [0, 0.05) is 22.5 Å². The fourth-order valence-corrected chi connectivity index (χ4v) is 5.51. The first kappa shape index (κ1) is 28.0. The van der Waals surface area contributed by atoms with Crippen molar-refractivity contribution in [3.63, 3.8) is 0 Å². The molecule has 206 valence electrons. The van der Waals surface area contributed by atoms with Gasteiger partial charge < -0.3 is 21.5 Å². The quantitative estimate of drug-likeness (QED) is 0.296. The number of hydrogen-bond donors (Lipinski definition) is 4. The van der Waals surface area contributed by atoms with Crippen molar-refractivity contribution in [2.45, 2.75) is 83.4 Å². The number of halogens is 3. The number of nitrogens with two attached hydrogens (primary N) is 1. The number of guanidine groups is 1. The third-order valence-corrected chi connectivity index (χ3v) is 7.88. The second kappa shape index (κ2) is 11.4. The van der Waals surface area contributed by atoms with Gasteiger partial charge in [0.05, 0.1) is 11.8 Å². The first-order chi connectivity index (χ1) is 18.0. The minimum absolute atomic E-state index is 0.0134. The van der Waals surface area contributed by atoms with Crippen LogP contribution in [0.15, 0.2) is 22.1 Å². The standard InChI is InChI=1S/C26H34ClF2N7O2/c1-14-22(35-24(31-3)33-16-5-4-6-18(37)13-16)36(17-7-9-26(2,10-8-17)23(30)38)25(32-14)34-21-19(28)11-15(27)12-20(21)29/h11-12,16-18,37H,3-10,13H2,1-2H3,(H2,30,38)(H,32,34)(H,33,35)/t16-,17-,18+,26+/m1/s1. The van der Waals surface area contributed by atoms with Gasteiger partial charge in [0.15, 0.2) is 17.5 Å². The van der Waals surface area contributed by atoms with Gasteiger partial charge in [-0.3, -0.25) is 9.36 Å². The van der Waals surface area contributed by atoms with Gasteiger partial charge in [-0.15, -0.1) is 0 Å². The smallest absolute Gasteiger partial charge is 0.224 e. The maximum atomic E-state index is 14.7. The monoisotopic (exact) mass is 549 g/mol. The number of aryl methyl sites for hydroxylation is 1. The summed E-state index contributed by atoms with van der Waals surface area (Å²) in [6.07, 6.45) is 4.94. The molecule has 5 N–H and O–H groups in total. The summed E-state index contributed by atoms with van der Waals surface area (Å²) in [5.41, 5.74) is 5.14. The lowest BCUT2D eigenvalue weighted by atomic mass is 9.73. The van der Waals surface area contributed by atoms with Crippen LogP contribution >= 0.6 is 11.6 Å². The van der Waals surface area contributed by atoms with E-state index in [-0.39, 0.29) is 46.7 Å². The van der Waals surface area contributed by atoms with Gasteiger partial charge in [-0.2, -0.15) is 4.99 Å². The van der Waals surface area contributed by atoms with E-state index in [1.54, 1.807) is 11.5 Å². The van der Waals surface area contributed by atoms with Crippen molar-refractivity contribution in [1.82, 2.24) is 14.9 Å². The zero-order valence-electron chi connectivity index (χ0n) is 21.6. The summed E-state index contributed by atoms with van der Waals surface area (Å²) in [5, 5.41) is 16.0. The summed E-state index contributed by atoms with van der Waals surface area (Å²) in [4.78, 5) is 25.4. The number of anilines is 2. The fourth-order valence-electron chi connectivity index (χ4n) is 5.32. The molecule has 0 aliphatic heterocycles. The summed E-state index contributed by atoms with van der Waals surface area (Å²) in [6.45, 7) is 7.24. The first-order valence-electron chi connectivity index (χ1n) is 12.8. The Kier molecular flexibility index (Phi) is 8.37. The van der Waals surface area contributed by atoms with Crippen LogP contribution < -0.4 is 16.4 Å². The van der Waals surface area contributed by atoms with Crippen LogP contribution in [0.5, 0.6) is 0 Å². The number of aromatic nitrogens is 2. The highest BCUT2D eigenvalue weighted by atomic mass is 35.5. The second-order valence-corrected chi connectivity index (χ2v) is 10.9. The molecule has 2 aliphatic carbocycles. The maximum absolute atomic E-state index is 14.7. The van der Waals surface area contributed by atoms with Crippen molar-refractivity contribution in [3.8, 4) is 0 Å². The lowest BCUT2D eigenvalue weighted by Gasteiger charge is -2.36. The van der Waals surface area contributed by atoms with Crippen LogP contribution in [0.3, 0.4) is 0 Å². The number of nitrogens with one attached hydrogen (secondary N) is 2. The topological polar surface area (TPSA) is 130 Å². The average molecular weight is 550 g/mol. The van der Waals surface area contributed by atoms with Gasteiger partial charge in [0.2, 0.25) is 17.8 Å². The van der Waals surface area contributed by atoms with Gasteiger partial charge in [-0.1, -0.05) is 18.5 Å². The molecule has 2 aromatic rings. The average Bonchev–Trinajstić information content (AvgIpc) is 3.15. The van der Waals surface area contributed by atoms with Crippen LogP contribution in [0, 0.1) is 24.0 Å². The largest absolute Gasteiger partial charge is 0.393 e. The van der Waals surface area contributed by atoms with E-state index in [1.807, 2.05) is 6.92 Å². The van der Waals surface area contributed by atoms with Gasteiger partial charge in [-0.05, 0) is 77.1 Å². The highest BCUT2D eigenvalue weighted by molar-refractivity contribution is 6.30. The lowest BCUT2D eigenvalue weighted by Crippen LogP contribution is -2.39. The Bertz CT molecular complexity index is 1220. The van der Waals surface area contributed by atoms with E-state index in [2.05, 4.69) is 27.3 Å². The molecule has 2 aliphatic rings. The van der Waals surface area contributed by atoms with E-state index >= 15 is 0 Å². The number of aliphatic imine (C=N–C) groups is 2. The molecule has 9 nitrogen and oxygen atoms in total. The number of primary amides is 1. The SMILES string of the molecule is C=N/C(=N\c1c(C)nc(Nc2c(F)cc(Cl)cc2F)n1[C@H]1CC[C@@](C)(C(N)=O)CC1)N[C@@H]1CCC[C@H](O)C1. The zero-order chi connectivity index (χ0) is 27.6. The molecule has 1 heterocycles. The third kappa shape index (κ3) is 5.99. The highest BCUT2D eigenvalue weighted by Gasteiger charge is 2.38. The van der Waals surface area contributed by atoms with E-state index in [1.165, 1.54) is 0 Å². The van der Waals surface area contributed by atoms with Gasteiger partial charge in [-0.25, -0.2) is 18.8 Å². The molecule has 4 rings (SSSR count). The molecule has 1 aromatic heterocycles. The number of carbonyl (C=O) groups excluding carboxylic acids is 1. The summed E-state index contributed by atoms with van der Waals surface area (Å²) < 4.78 is 31.1. The van der Waals surface area contributed by atoms with E-state index in [4.69, 9.17) is 22.3 Å². The number of imidazole rings is 1. The van der Waals surface area contributed by atoms with Crippen molar-refractivity contribution in [3.05, 3.63) is 34.5 Å². The van der Waals surface area contributed by atoms with Gasteiger partial charge in [0.1, 0.15) is 5.69 Å². The van der Waals surface area contributed by atoms with E-state index in [0.717, 1.165) is 31.4 Å². The number of carbonyl (C=O) groups is 1. The Morgan fingerprint density at radius 1 is 1.26 bits per heavy atom. The summed E-state index contributed by atoms with van der Waals surface area (Å²) >= 11 is 5.80. The number of rotatable bonds is 6. The van der Waals surface area contributed by atoms with E-state index in [9.17, 15) is 18.7 Å². The lowest BCUT2D eigenvalue weighted by molar-refractivity contribution is -0.128. The number of amides is 1. The van der Waals surface area contributed by atoms with Crippen LogP contribution in [-0.2, 0) is 4.79 Å². The summed E-state index contributed by atoms with van der Waals surface area (Å²) in [7, 11) is 0. The van der Waals surface area contributed by atoms with Crippen molar-refractivity contribution in [1.29, 1.82) is 0 Å². The summed E-state index contributed by atoms with van der Waals surface area (Å²) in [6, 6.07) is 1.85. The van der Waals surface area contributed by atoms with Gasteiger partial charge in [0.25, 0.3) is 0 Å². The minimum atomic E-state index is -0.858.